The average Bonchev–Trinajstić information content (AvgIpc) is 3.47. The van der Waals surface area contributed by atoms with E-state index < -0.39 is 5.60 Å². The van der Waals surface area contributed by atoms with E-state index in [-0.39, 0.29) is 11.8 Å². The number of fused-ring (bicyclic) bond motifs is 1. The number of carbonyl (C=O) groups is 2. The molecule has 0 unspecified atom stereocenters. The Morgan fingerprint density at radius 1 is 0.969 bits per heavy atom. The van der Waals surface area contributed by atoms with Crippen LogP contribution in [0.25, 0.3) is 22.0 Å². The second-order valence-electron chi connectivity index (χ2n) is 8.83. The van der Waals surface area contributed by atoms with Gasteiger partial charge < -0.3 is 14.9 Å². The molecule has 1 aliphatic carbocycles. The van der Waals surface area contributed by atoms with Crippen molar-refractivity contribution in [2.24, 2.45) is 0 Å². The summed E-state index contributed by atoms with van der Waals surface area (Å²) in [7, 11) is 0. The van der Waals surface area contributed by atoms with E-state index in [1.165, 1.54) is 0 Å². The summed E-state index contributed by atoms with van der Waals surface area (Å²) < 4.78 is 2.03. The highest BCUT2D eigenvalue weighted by Gasteiger charge is 2.50. The number of benzene rings is 2. The maximum atomic E-state index is 13.0. The molecule has 32 heavy (non-hydrogen) atoms. The first-order valence-corrected chi connectivity index (χ1v) is 11.4. The molecule has 0 atom stereocenters. The zero-order valence-corrected chi connectivity index (χ0v) is 18.3. The van der Waals surface area contributed by atoms with Crippen molar-refractivity contribution < 1.29 is 14.7 Å². The zero-order chi connectivity index (χ0) is 22.3. The van der Waals surface area contributed by atoms with Crippen LogP contribution in [0.5, 0.6) is 0 Å². The van der Waals surface area contributed by atoms with Crippen molar-refractivity contribution in [2.45, 2.75) is 38.3 Å². The molecule has 2 aromatic carbocycles. The molecule has 2 amide bonds. The first-order chi connectivity index (χ1) is 15.5. The predicted molar refractivity (Wildman–Crippen MR) is 122 cm³/mol. The third-order valence-corrected chi connectivity index (χ3v) is 6.52. The minimum Gasteiger partial charge on any atom is -0.380 e. The molecule has 2 heterocycles. The Hall–Kier alpha value is -3.19. The summed E-state index contributed by atoms with van der Waals surface area (Å²) in [5.74, 6) is -0.212. The molecule has 7 nitrogen and oxygen atoms in total. The molecular weight excluding hydrogens is 404 g/mol. The van der Waals surface area contributed by atoms with Crippen LogP contribution in [0.2, 0.25) is 0 Å². The predicted octanol–water partition coefficient (Wildman–Crippen LogP) is 2.92. The molecule has 0 radical (unpaired) electrons. The third kappa shape index (κ3) is 3.77. The fourth-order valence-electron chi connectivity index (χ4n) is 4.37. The van der Waals surface area contributed by atoms with Crippen molar-refractivity contribution in [2.75, 3.05) is 26.2 Å². The maximum Gasteiger partial charge on any atom is 0.254 e. The van der Waals surface area contributed by atoms with E-state index in [9.17, 15) is 14.7 Å². The number of aryl methyl sites for hydroxylation is 1. The summed E-state index contributed by atoms with van der Waals surface area (Å²) >= 11 is 0. The van der Waals surface area contributed by atoms with Gasteiger partial charge in [-0.25, -0.2) is 0 Å². The number of amides is 2. The first-order valence-electron chi connectivity index (χ1n) is 11.4. The highest BCUT2D eigenvalue weighted by atomic mass is 16.3. The van der Waals surface area contributed by atoms with Crippen molar-refractivity contribution >= 4 is 22.7 Å². The summed E-state index contributed by atoms with van der Waals surface area (Å²) in [6.07, 6.45) is 4.02. The molecule has 166 valence electrons. The Morgan fingerprint density at radius 2 is 1.62 bits per heavy atom. The number of hydrogen-bond donors (Lipinski definition) is 1. The van der Waals surface area contributed by atoms with E-state index >= 15 is 0 Å². The van der Waals surface area contributed by atoms with Crippen molar-refractivity contribution in [1.82, 2.24) is 19.6 Å². The Balaban J connectivity index is 1.27. The normalized spacial score (nSPS) is 17.6. The summed E-state index contributed by atoms with van der Waals surface area (Å²) in [5.41, 5.74) is 2.78. The van der Waals surface area contributed by atoms with Crippen LogP contribution in [0.4, 0.5) is 0 Å². The molecule has 2 aliphatic rings. The van der Waals surface area contributed by atoms with Crippen molar-refractivity contribution in [3.05, 3.63) is 54.2 Å². The van der Waals surface area contributed by atoms with Gasteiger partial charge in [-0.15, -0.1) is 0 Å². The molecule has 0 spiro atoms. The lowest BCUT2D eigenvalue weighted by Gasteiger charge is -2.35. The topological polar surface area (TPSA) is 78.7 Å². The quantitative estimate of drug-likeness (QED) is 0.672. The number of carbonyl (C=O) groups excluding carboxylic acids is 2. The van der Waals surface area contributed by atoms with Crippen LogP contribution in [-0.4, -0.2) is 68.3 Å². The number of hydrogen-bond acceptors (Lipinski definition) is 4. The molecule has 1 saturated carbocycles. The highest BCUT2D eigenvalue weighted by Crippen LogP contribution is 2.37. The Labute approximate surface area is 187 Å². The van der Waals surface area contributed by atoms with E-state index in [2.05, 4.69) is 30.2 Å². The second kappa shape index (κ2) is 8.06. The van der Waals surface area contributed by atoms with Crippen LogP contribution in [0, 0.1) is 0 Å². The molecule has 5 rings (SSSR count). The average molecular weight is 433 g/mol. The Kier molecular flexibility index (Phi) is 5.21. The zero-order valence-electron chi connectivity index (χ0n) is 18.3. The van der Waals surface area contributed by atoms with E-state index in [4.69, 9.17) is 0 Å². The summed E-state index contributed by atoms with van der Waals surface area (Å²) in [5, 5.41) is 15.6. The summed E-state index contributed by atoms with van der Waals surface area (Å²) in [6.45, 7) is 4.94. The lowest BCUT2D eigenvalue weighted by atomic mass is 10.0. The van der Waals surface area contributed by atoms with Crippen LogP contribution in [0.3, 0.4) is 0 Å². The number of aliphatic hydroxyl groups is 1. The third-order valence-electron chi connectivity index (χ3n) is 6.52. The van der Waals surface area contributed by atoms with Crippen LogP contribution < -0.4 is 0 Å². The fraction of sp³-hybridized carbons (Fsp3) is 0.400. The molecule has 3 aromatic rings. The number of nitrogens with zero attached hydrogens (tertiary/aromatic N) is 4. The summed E-state index contributed by atoms with van der Waals surface area (Å²) in [4.78, 5) is 28.7. The van der Waals surface area contributed by atoms with Crippen molar-refractivity contribution in [1.29, 1.82) is 0 Å². The standard InChI is InChI=1S/C25H28N4O3/c1-2-11-29-22-16-20(7-8-21(22)17-26-29)18-3-5-19(6-4-18)23(30)27-12-14-28(15-13-27)24(31)25(32)9-10-25/h3-8,16-17,32H,2,9-15H2,1H3. The Morgan fingerprint density at radius 3 is 2.28 bits per heavy atom. The number of rotatable bonds is 5. The van der Waals surface area contributed by atoms with Gasteiger partial charge in [-0.05, 0) is 48.6 Å². The minimum atomic E-state index is -1.14. The van der Waals surface area contributed by atoms with Gasteiger partial charge in [0.15, 0.2) is 0 Å². The van der Waals surface area contributed by atoms with Gasteiger partial charge in [-0.2, -0.15) is 5.10 Å². The second-order valence-corrected chi connectivity index (χ2v) is 8.83. The summed E-state index contributed by atoms with van der Waals surface area (Å²) in [6, 6.07) is 14.0. The van der Waals surface area contributed by atoms with Gasteiger partial charge in [0.05, 0.1) is 11.7 Å². The molecule has 1 saturated heterocycles. The number of piperazine rings is 1. The van der Waals surface area contributed by atoms with E-state index in [1.807, 2.05) is 35.1 Å². The molecule has 1 aromatic heterocycles. The number of aromatic nitrogens is 2. The van der Waals surface area contributed by atoms with Gasteiger partial charge in [0.1, 0.15) is 5.60 Å². The molecule has 1 aliphatic heterocycles. The van der Waals surface area contributed by atoms with Gasteiger partial charge in [0.25, 0.3) is 11.8 Å². The van der Waals surface area contributed by atoms with E-state index in [0.717, 1.165) is 35.0 Å². The smallest absolute Gasteiger partial charge is 0.254 e. The largest absolute Gasteiger partial charge is 0.380 e. The fourth-order valence-corrected chi connectivity index (χ4v) is 4.37. The lowest BCUT2D eigenvalue weighted by Crippen LogP contribution is -2.53. The van der Waals surface area contributed by atoms with Crippen LogP contribution in [-0.2, 0) is 11.3 Å². The maximum absolute atomic E-state index is 13.0. The van der Waals surface area contributed by atoms with Gasteiger partial charge in [-0.3, -0.25) is 14.3 Å². The van der Waals surface area contributed by atoms with Gasteiger partial charge in [-0.1, -0.05) is 31.2 Å². The Bertz CT molecular complexity index is 1160. The molecule has 1 N–H and O–H groups in total. The molecule has 0 bridgehead atoms. The molecule has 7 heteroatoms. The van der Waals surface area contributed by atoms with Crippen molar-refractivity contribution in [3.8, 4) is 11.1 Å². The highest BCUT2D eigenvalue weighted by molar-refractivity contribution is 5.95. The van der Waals surface area contributed by atoms with Crippen LogP contribution >= 0.6 is 0 Å². The first kappa shape index (κ1) is 20.7. The molecule has 2 fully saturated rings. The van der Waals surface area contributed by atoms with Crippen LogP contribution in [0.15, 0.2) is 48.7 Å². The van der Waals surface area contributed by atoms with Gasteiger partial charge in [0.2, 0.25) is 0 Å². The van der Waals surface area contributed by atoms with Crippen molar-refractivity contribution in [3.63, 3.8) is 0 Å². The minimum absolute atomic E-state index is 0.0229. The van der Waals surface area contributed by atoms with E-state index in [1.54, 1.807) is 9.80 Å². The lowest BCUT2D eigenvalue weighted by molar-refractivity contribution is -0.143. The van der Waals surface area contributed by atoms with Gasteiger partial charge in [0, 0.05) is 43.7 Å². The van der Waals surface area contributed by atoms with Crippen LogP contribution in [0.1, 0.15) is 36.5 Å². The van der Waals surface area contributed by atoms with E-state index in [0.29, 0.717) is 44.6 Å². The van der Waals surface area contributed by atoms with Gasteiger partial charge >= 0.3 is 0 Å². The monoisotopic (exact) mass is 432 g/mol. The molecular formula is C25H28N4O3. The SMILES string of the molecule is CCCn1ncc2ccc(-c3ccc(C(=O)N4CCN(C(=O)C5(O)CC5)CC4)cc3)cc21.